The number of nitrogens with zero attached hydrogens (tertiary/aromatic N) is 2. The Kier molecular flexibility index (Phi) is 4.92. The Bertz CT molecular complexity index is 494. The predicted octanol–water partition coefficient (Wildman–Crippen LogP) is 1.54. The predicted molar refractivity (Wildman–Crippen MR) is 86.9 cm³/mol. The largest absolute Gasteiger partial charge is 0.328 e. The summed E-state index contributed by atoms with van der Waals surface area (Å²) in [5, 5.41) is 0. The topological polar surface area (TPSA) is 32.5 Å². The van der Waals surface area contributed by atoms with Crippen LogP contribution in [0.5, 0.6) is 0 Å². The molecule has 0 bridgehead atoms. The molecular formula is C18H25N3. The Labute approximate surface area is 128 Å². The molecule has 21 heavy (non-hydrogen) atoms. The van der Waals surface area contributed by atoms with Crippen LogP contribution < -0.4 is 5.73 Å². The van der Waals surface area contributed by atoms with E-state index in [1.807, 2.05) is 18.2 Å². The van der Waals surface area contributed by atoms with Gasteiger partial charge in [0, 0.05) is 30.7 Å². The molecule has 2 heterocycles. The number of benzene rings is 1. The minimum absolute atomic E-state index is 0.426. The Balaban J connectivity index is 1.46. The molecule has 2 saturated heterocycles. The van der Waals surface area contributed by atoms with Crippen LogP contribution in [0.1, 0.15) is 24.8 Å². The lowest BCUT2D eigenvalue weighted by Crippen LogP contribution is -2.46. The second-order valence-electron chi connectivity index (χ2n) is 6.22. The van der Waals surface area contributed by atoms with Crippen molar-refractivity contribution in [3.8, 4) is 11.8 Å². The molecule has 0 aromatic heterocycles. The van der Waals surface area contributed by atoms with Gasteiger partial charge in [0.2, 0.25) is 0 Å². The van der Waals surface area contributed by atoms with Crippen LogP contribution in [-0.4, -0.2) is 54.6 Å². The van der Waals surface area contributed by atoms with Crippen molar-refractivity contribution in [2.45, 2.75) is 31.3 Å². The van der Waals surface area contributed by atoms with Gasteiger partial charge in [0.15, 0.2) is 0 Å². The van der Waals surface area contributed by atoms with Crippen LogP contribution in [-0.2, 0) is 0 Å². The van der Waals surface area contributed by atoms with Crippen LogP contribution in [0, 0.1) is 11.8 Å². The molecule has 0 amide bonds. The summed E-state index contributed by atoms with van der Waals surface area (Å²) in [5.74, 6) is 6.56. The zero-order valence-corrected chi connectivity index (χ0v) is 12.7. The highest BCUT2D eigenvalue weighted by Crippen LogP contribution is 2.19. The minimum atomic E-state index is 0.426. The number of piperidine rings is 1. The molecule has 0 radical (unpaired) electrons. The van der Waals surface area contributed by atoms with E-state index in [0.717, 1.165) is 31.0 Å². The number of hydrogen-bond donors (Lipinski definition) is 1. The standard InChI is InChI=1S/C18H25N3/c19-17-8-13-21(14-9-17)18-10-12-20(15-18)11-4-7-16-5-2-1-3-6-16/h1-3,5-6,17-18H,8-15,19H2. The van der Waals surface area contributed by atoms with Crippen LogP contribution >= 0.6 is 0 Å². The van der Waals surface area contributed by atoms with Crippen molar-refractivity contribution in [3.63, 3.8) is 0 Å². The van der Waals surface area contributed by atoms with Crippen molar-refractivity contribution < 1.29 is 0 Å². The van der Waals surface area contributed by atoms with Gasteiger partial charge in [-0.3, -0.25) is 9.80 Å². The molecule has 0 aliphatic carbocycles. The SMILES string of the molecule is NC1CCN(C2CCN(CC#Cc3ccccc3)C2)CC1. The number of hydrogen-bond acceptors (Lipinski definition) is 3. The fourth-order valence-corrected chi connectivity index (χ4v) is 3.31. The normalized spacial score (nSPS) is 24.7. The van der Waals surface area contributed by atoms with Crippen molar-refractivity contribution in [2.24, 2.45) is 5.73 Å². The number of likely N-dealkylation sites (tertiary alicyclic amines) is 2. The van der Waals surface area contributed by atoms with Gasteiger partial charge in [-0.1, -0.05) is 30.0 Å². The van der Waals surface area contributed by atoms with E-state index in [-0.39, 0.29) is 0 Å². The average Bonchev–Trinajstić information content (AvgIpc) is 2.98. The smallest absolute Gasteiger partial charge is 0.0605 e. The van der Waals surface area contributed by atoms with Gasteiger partial charge in [-0.25, -0.2) is 0 Å². The molecule has 3 heteroatoms. The zero-order chi connectivity index (χ0) is 14.5. The van der Waals surface area contributed by atoms with Gasteiger partial charge in [0.1, 0.15) is 0 Å². The van der Waals surface area contributed by atoms with Gasteiger partial charge in [-0.2, -0.15) is 0 Å². The first-order chi connectivity index (χ1) is 10.3. The lowest BCUT2D eigenvalue weighted by Gasteiger charge is -2.34. The Morgan fingerprint density at radius 2 is 1.81 bits per heavy atom. The molecule has 2 fully saturated rings. The molecule has 2 aliphatic heterocycles. The second-order valence-corrected chi connectivity index (χ2v) is 6.22. The van der Waals surface area contributed by atoms with E-state index < -0.39 is 0 Å². The van der Waals surface area contributed by atoms with E-state index in [2.05, 4.69) is 33.8 Å². The van der Waals surface area contributed by atoms with Crippen molar-refractivity contribution in [1.82, 2.24) is 9.80 Å². The molecule has 1 aromatic rings. The third-order valence-electron chi connectivity index (χ3n) is 4.65. The molecule has 1 atom stereocenters. The first kappa shape index (κ1) is 14.6. The van der Waals surface area contributed by atoms with Crippen LogP contribution in [0.4, 0.5) is 0 Å². The summed E-state index contributed by atoms with van der Waals surface area (Å²) in [6.07, 6.45) is 3.59. The van der Waals surface area contributed by atoms with Gasteiger partial charge >= 0.3 is 0 Å². The summed E-state index contributed by atoms with van der Waals surface area (Å²) in [7, 11) is 0. The second kappa shape index (κ2) is 7.09. The molecule has 3 rings (SSSR count). The van der Waals surface area contributed by atoms with Crippen LogP contribution in [0.25, 0.3) is 0 Å². The summed E-state index contributed by atoms with van der Waals surface area (Å²) < 4.78 is 0. The lowest BCUT2D eigenvalue weighted by molar-refractivity contribution is 0.154. The molecular weight excluding hydrogens is 258 g/mol. The summed E-state index contributed by atoms with van der Waals surface area (Å²) in [5.41, 5.74) is 7.10. The molecule has 0 spiro atoms. The van der Waals surface area contributed by atoms with E-state index in [0.29, 0.717) is 6.04 Å². The maximum atomic E-state index is 5.99. The molecule has 2 aliphatic rings. The highest BCUT2D eigenvalue weighted by molar-refractivity contribution is 5.33. The maximum absolute atomic E-state index is 5.99. The average molecular weight is 283 g/mol. The highest BCUT2D eigenvalue weighted by atomic mass is 15.3. The third kappa shape index (κ3) is 4.07. The number of nitrogens with two attached hydrogens (primary N) is 1. The van der Waals surface area contributed by atoms with Crippen molar-refractivity contribution in [2.75, 3.05) is 32.7 Å². The van der Waals surface area contributed by atoms with E-state index in [4.69, 9.17) is 5.73 Å². The Hall–Kier alpha value is -1.34. The third-order valence-corrected chi connectivity index (χ3v) is 4.65. The van der Waals surface area contributed by atoms with Gasteiger partial charge in [0.25, 0.3) is 0 Å². The molecule has 0 saturated carbocycles. The van der Waals surface area contributed by atoms with Crippen LogP contribution in [0.15, 0.2) is 30.3 Å². The Morgan fingerprint density at radius 3 is 2.57 bits per heavy atom. The summed E-state index contributed by atoms with van der Waals surface area (Å²) in [4.78, 5) is 5.11. The fraction of sp³-hybridized carbons (Fsp3) is 0.556. The van der Waals surface area contributed by atoms with Gasteiger partial charge in [-0.05, 0) is 44.5 Å². The molecule has 1 unspecified atom stereocenters. The van der Waals surface area contributed by atoms with E-state index in [9.17, 15) is 0 Å². The summed E-state index contributed by atoms with van der Waals surface area (Å²) in [6.45, 7) is 5.58. The van der Waals surface area contributed by atoms with Crippen LogP contribution in [0.3, 0.4) is 0 Å². The van der Waals surface area contributed by atoms with Gasteiger partial charge < -0.3 is 5.73 Å². The van der Waals surface area contributed by atoms with Gasteiger partial charge in [-0.15, -0.1) is 0 Å². The van der Waals surface area contributed by atoms with Crippen molar-refractivity contribution in [3.05, 3.63) is 35.9 Å². The van der Waals surface area contributed by atoms with Crippen molar-refractivity contribution in [1.29, 1.82) is 0 Å². The summed E-state index contributed by atoms with van der Waals surface area (Å²) >= 11 is 0. The van der Waals surface area contributed by atoms with E-state index in [1.54, 1.807) is 0 Å². The minimum Gasteiger partial charge on any atom is -0.328 e. The molecule has 2 N–H and O–H groups in total. The number of rotatable bonds is 2. The fourth-order valence-electron chi connectivity index (χ4n) is 3.31. The van der Waals surface area contributed by atoms with E-state index >= 15 is 0 Å². The first-order valence-corrected chi connectivity index (χ1v) is 8.07. The molecule has 3 nitrogen and oxygen atoms in total. The van der Waals surface area contributed by atoms with Crippen molar-refractivity contribution >= 4 is 0 Å². The van der Waals surface area contributed by atoms with E-state index in [1.165, 1.54) is 32.6 Å². The van der Waals surface area contributed by atoms with Crippen LogP contribution in [0.2, 0.25) is 0 Å². The zero-order valence-electron chi connectivity index (χ0n) is 12.7. The first-order valence-electron chi connectivity index (χ1n) is 8.07. The lowest BCUT2D eigenvalue weighted by atomic mass is 10.0. The molecule has 112 valence electrons. The molecule has 1 aromatic carbocycles. The highest BCUT2D eigenvalue weighted by Gasteiger charge is 2.29. The summed E-state index contributed by atoms with van der Waals surface area (Å²) in [6, 6.07) is 11.4. The Morgan fingerprint density at radius 1 is 1.05 bits per heavy atom. The quantitative estimate of drug-likeness (QED) is 0.836. The maximum Gasteiger partial charge on any atom is 0.0605 e. The monoisotopic (exact) mass is 283 g/mol. The van der Waals surface area contributed by atoms with Gasteiger partial charge in [0.05, 0.1) is 6.54 Å².